The Morgan fingerprint density at radius 2 is 2.18 bits per heavy atom. The summed E-state index contributed by atoms with van der Waals surface area (Å²) in [7, 11) is 0. The monoisotopic (exact) mass is 309 g/mol. The zero-order valence-electron chi connectivity index (χ0n) is 12.7. The highest BCUT2D eigenvalue weighted by atomic mass is 19.1. The number of primary amides is 1. The Bertz CT molecular complexity index is 560. The number of likely N-dealkylation sites (tertiary alicyclic amines) is 1. The van der Waals surface area contributed by atoms with Gasteiger partial charge in [0, 0.05) is 24.8 Å². The number of carbonyl (C=O) groups is 2. The Hall–Kier alpha value is -2.09. The summed E-state index contributed by atoms with van der Waals surface area (Å²) >= 11 is 0. The first kappa shape index (κ1) is 16.3. The molecule has 8 heteroatoms. The van der Waals surface area contributed by atoms with Crippen molar-refractivity contribution < 1.29 is 14.0 Å². The summed E-state index contributed by atoms with van der Waals surface area (Å²) in [5.41, 5.74) is 6.14. The van der Waals surface area contributed by atoms with Gasteiger partial charge in [0.05, 0.1) is 6.54 Å². The molecule has 2 amide bonds. The SMILES string of the molecule is Cc1cc(C(=O)NC[C@@H]2C[C@H](F)CN2CC(N)=O)nc(C)n1. The summed E-state index contributed by atoms with van der Waals surface area (Å²) in [5.74, 6) is -0.326. The van der Waals surface area contributed by atoms with E-state index >= 15 is 0 Å². The first-order valence-electron chi connectivity index (χ1n) is 7.12. The summed E-state index contributed by atoms with van der Waals surface area (Å²) in [5, 5.41) is 2.73. The second kappa shape index (κ2) is 6.78. The molecule has 0 unspecified atom stereocenters. The maximum atomic E-state index is 13.5. The maximum Gasteiger partial charge on any atom is 0.270 e. The van der Waals surface area contributed by atoms with Gasteiger partial charge in [-0.05, 0) is 26.3 Å². The first-order chi connectivity index (χ1) is 10.3. The van der Waals surface area contributed by atoms with Crippen molar-refractivity contribution in [2.75, 3.05) is 19.6 Å². The quantitative estimate of drug-likeness (QED) is 0.779. The normalized spacial score (nSPS) is 21.8. The number of hydrogen-bond acceptors (Lipinski definition) is 5. The van der Waals surface area contributed by atoms with Crippen LogP contribution in [0, 0.1) is 13.8 Å². The minimum atomic E-state index is -1.01. The number of aryl methyl sites for hydroxylation is 2. The van der Waals surface area contributed by atoms with Crippen molar-refractivity contribution in [2.45, 2.75) is 32.5 Å². The summed E-state index contributed by atoms with van der Waals surface area (Å²) in [4.78, 5) is 32.9. The standard InChI is InChI=1S/C14H20FN5O2/c1-8-3-12(19-9(2)18-8)14(22)17-5-11-4-10(15)6-20(11)7-13(16)21/h3,10-11H,4-7H2,1-2H3,(H2,16,21)(H,17,22)/t10-,11-/m0/s1. The van der Waals surface area contributed by atoms with E-state index in [4.69, 9.17) is 5.73 Å². The summed E-state index contributed by atoms with van der Waals surface area (Å²) in [6, 6.07) is 1.35. The lowest BCUT2D eigenvalue weighted by atomic mass is 10.2. The molecule has 0 saturated carbocycles. The molecular formula is C14H20FN5O2. The average molecular weight is 309 g/mol. The molecule has 0 spiro atoms. The van der Waals surface area contributed by atoms with E-state index in [1.807, 2.05) is 0 Å². The second-order valence-electron chi connectivity index (χ2n) is 5.53. The van der Waals surface area contributed by atoms with E-state index in [9.17, 15) is 14.0 Å². The van der Waals surface area contributed by atoms with Crippen LogP contribution in [0.1, 0.15) is 28.4 Å². The highest BCUT2D eigenvalue weighted by molar-refractivity contribution is 5.92. The maximum absolute atomic E-state index is 13.5. The molecule has 1 aromatic heterocycles. The van der Waals surface area contributed by atoms with Crippen LogP contribution in [0.15, 0.2) is 6.07 Å². The predicted molar refractivity (Wildman–Crippen MR) is 77.9 cm³/mol. The smallest absolute Gasteiger partial charge is 0.270 e. The van der Waals surface area contributed by atoms with Crippen LogP contribution in [0.25, 0.3) is 0 Å². The number of alkyl halides is 1. The van der Waals surface area contributed by atoms with Crippen LogP contribution in [0.3, 0.4) is 0 Å². The molecule has 1 aromatic rings. The number of carbonyl (C=O) groups excluding carboxylic acids is 2. The van der Waals surface area contributed by atoms with Crippen LogP contribution in [-0.2, 0) is 4.79 Å². The van der Waals surface area contributed by atoms with Crippen LogP contribution < -0.4 is 11.1 Å². The average Bonchev–Trinajstić information content (AvgIpc) is 2.74. The van der Waals surface area contributed by atoms with Gasteiger partial charge in [-0.25, -0.2) is 14.4 Å². The van der Waals surface area contributed by atoms with Crippen molar-refractivity contribution >= 4 is 11.8 Å². The van der Waals surface area contributed by atoms with Gasteiger partial charge in [-0.1, -0.05) is 0 Å². The fourth-order valence-electron chi connectivity index (χ4n) is 2.66. The molecule has 3 N–H and O–H groups in total. The van der Waals surface area contributed by atoms with Crippen molar-refractivity contribution in [1.82, 2.24) is 20.2 Å². The zero-order valence-corrected chi connectivity index (χ0v) is 12.7. The van der Waals surface area contributed by atoms with Crippen LogP contribution in [0.2, 0.25) is 0 Å². The van der Waals surface area contributed by atoms with Crippen molar-refractivity contribution in [3.63, 3.8) is 0 Å². The number of halogens is 1. The van der Waals surface area contributed by atoms with Gasteiger partial charge >= 0.3 is 0 Å². The Morgan fingerprint density at radius 1 is 1.45 bits per heavy atom. The fourth-order valence-corrected chi connectivity index (χ4v) is 2.66. The van der Waals surface area contributed by atoms with Gasteiger partial charge in [0.15, 0.2) is 0 Å². The molecule has 2 atom stereocenters. The molecule has 2 rings (SSSR count). The summed E-state index contributed by atoms with van der Waals surface area (Å²) in [6.07, 6.45) is -0.736. The Kier molecular flexibility index (Phi) is 5.02. The number of nitrogens with one attached hydrogen (secondary N) is 1. The molecule has 1 aliphatic heterocycles. The molecule has 0 aromatic carbocycles. The molecular weight excluding hydrogens is 289 g/mol. The topological polar surface area (TPSA) is 101 Å². The van der Waals surface area contributed by atoms with Gasteiger partial charge in [0.25, 0.3) is 5.91 Å². The van der Waals surface area contributed by atoms with Crippen LogP contribution in [0.4, 0.5) is 4.39 Å². The molecule has 2 heterocycles. The summed E-state index contributed by atoms with van der Waals surface area (Å²) < 4.78 is 13.5. The number of nitrogens with zero attached hydrogens (tertiary/aromatic N) is 3. The third kappa shape index (κ3) is 4.20. The number of aromatic nitrogens is 2. The Morgan fingerprint density at radius 3 is 2.82 bits per heavy atom. The minimum absolute atomic E-state index is 0.00726. The molecule has 120 valence electrons. The van der Waals surface area contributed by atoms with Gasteiger partial charge < -0.3 is 11.1 Å². The van der Waals surface area contributed by atoms with E-state index in [-0.39, 0.29) is 43.7 Å². The summed E-state index contributed by atoms with van der Waals surface area (Å²) in [6.45, 7) is 3.89. The lowest BCUT2D eigenvalue weighted by Crippen LogP contribution is -2.43. The first-order valence-corrected chi connectivity index (χ1v) is 7.12. The molecule has 0 bridgehead atoms. The molecule has 1 aliphatic rings. The molecule has 22 heavy (non-hydrogen) atoms. The molecule has 7 nitrogen and oxygen atoms in total. The molecule has 0 radical (unpaired) electrons. The van der Waals surface area contributed by atoms with Crippen LogP contribution in [-0.4, -0.2) is 58.5 Å². The lowest BCUT2D eigenvalue weighted by Gasteiger charge is -2.22. The van der Waals surface area contributed by atoms with Gasteiger partial charge in [-0.15, -0.1) is 0 Å². The number of amides is 2. The number of rotatable bonds is 5. The lowest BCUT2D eigenvalue weighted by molar-refractivity contribution is -0.119. The number of nitrogens with two attached hydrogens (primary N) is 1. The van der Waals surface area contributed by atoms with Gasteiger partial charge in [-0.2, -0.15) is 0 Å². The van der Waals surface area contributed by atoms with Crippen molar-refractivity contribution in [1.29, 1.82) is 0 Å². The van der Waals surface area contributed by atoms with Crippen LogP contribution >= 0.6 is 0 Å². The van der Waals surface area contributed by atoms with Crippen molar-refractivity contribution in [3.05, 3.63) is 23.3 Å². The minimum Gasteiger partial charge on any atom is -0.369 e. The number of hydrogen-bond donors (Lipinski definition) is 2. The Labute approximate surface area is 128 Å². The highest BCUT2D eigenvalue weighted by Crippen LogP contribution is 2.19. The largest absolute Gasteiger partial charge is 0.369 e. The van der Waals surface area contributed by atoms with E-state index in [1.54, 1.807) is 24.8 Å². The van der Waals surface area contributed by atoms with E-state index in [0.717, 1.165) is 0 Å². The van der Waals surface area contributed by atoms with E-state index < -0.39 is 12.1 Å². The second-order valence-corrected chi connectivity index (χ2v) is 5.53. The van der Waals surface area contributed by atoms with Gasteiger partial charge in [0.2, 0.25) is 5.91 Å². The van der Waals surface area contributed by atoms with Crippen molar-refractivity contribution in [3.8, 4) is 0 Å². The molecule has 1 fully saturated rings. The molecule has 1 saturated heterocycles. The third-order valence-corrected chi connectivity index (χ3v) is 3.53. The predicted octanol–water partition coefficient (Wildman–Crippen LogP) is -0.279. The Balaban J connectivity index is 1.96. The van der Waals surface area contributed by atoms with Crippen LogP contribution in [0.5, 0.6) is 0 Å². The molecule has 0 aliphatic carbocycles. The van der Waals surface area contributed by atoms with E-state index in [0.29, 0.717) is 11.5 Å². The van der Waals surface area contributed by atoms with Gasteiger partial charge in [0.1, 0.15) is 17.7 Å². The van der Waals surface area contributed by atoms with E-state index in [2.05, 4.69) is 15.3 Å². The zero-order chi connectivity index (χ0) is 16.3. The van der Waals surface area contributed by atoms with E-state index in [1.165, 1.54) is 0 Å². The highest BCUT2D eigenvalue weighted by Gasteiger charge is 2.33. The fraction of sp³-hybridized carbons (Fsp3) is 0.571. The van der Waals surface area contributed by atoms with Crippen molar-refractivity contribution in [2.24, 2.45) is 5.73 Å². The van der Waals surface area contributed by atoms with Gasteiger partial charge in [-0.3, -0.25) is 14.5 Å². The third-order valence-electron chi connectivity index (χ3n) is 3.53.